The summed E-state index contributed by atoms with van der Waals surface area (Å²) in [6.07, 6.45) is 4.86. The van der Waals surface area contributed by atoms with E-state index in [1.807, 2.05) is 66.0 Å². The fraction of sp³-hybridized carbons (Fsp3) is 0.0800. The van der Waals surface area contributed by atoms with E-state index in [4.69, 9.17) is 21.1 Å². The molecule has 2 heterocycles. The third-order valence-electron chi connectivity index (χ3n) is 4.58. The van der Waals surface area contributed by atoms with Gasteiger partial charge in [-0.25, -0.2) is 4.98 Å². The van der Waals surface area contributed by atoms with E-state index in [1.165, 1.54) is 17.4 Å². The van der Waals surface area contributed by atoms with Crippen molar-refractivity contribution in [3.63, 3.8) is 0 Å². The monoisotopic (exact) mass is 477 g/mol. The van der Waals surface area contributed by atoms with E-state index in [-0.39, 0.29) is 5.91 Å². The molecule has 4 rings (SSSR count). The number of nitrogens with one attached hydrogen (secondary N) is 1. The molecule has 0 saturated carbocycles. The average Bonchev–Trinajstić information content (AvgIpc) is 3.31. The number of carbonyl (C=O) groups is 1. The lowest BCUT2D eigenvalue weighted by molar-refractivity contribution is -0.111. The molecule has 0 spiro atoms. The standard InChI is InChI=1S/C25H20ClN3O3S/c1-31-23-14-17(7-11-22(23)32-15-18-5-9-19(26)10-6-18)8-12-24(30)29-25-28-21(16-33-25)20-4-2-3-13-27-20/h2-14,16H,15H2,1H3,(H,28,29,30)/b12-8+. The summed E-state index contributed by atoms with van der Waals surface area (Å²) in [5.41, 5.74) is 3.28. The lowest BCUT2D eigenvalue weighted by Crippen LogP contribution is -2.07. The largest absolute Gasteiger partial charge is 0.493 e. The van der Waals surface area contributed by atoms with Gasteiger partial charge in [-0.1, -0.05) is 35.9 Å². The summed E-state index contributed by atoms with van der Waals surface area (Å²) in [4.78, 5) is 21.0. The van der Waals surface area contributed by atoms with E-state index in [2.05, 4.69) is 15.3 Å². The maximum atomic E-state index is 12.3. The van der Waals surface area contributed by atoms with Crippen LogP contribution in [0.2, 0.25) is 5.02 Å². The molecule has 0 bridgehead atoms. The highest BCUT2D eigenvalue weighted by molar-refractivity contribution is 7.14. The molecule has 0 fully saturated rings. The summed E-state index contributed by atoms with van der Waals surface area (Å²) < 4.78 is 11.3. The number of benzene rings is 2. The molecule has 0 aliphatic carbocycles. The van der Waals surface area contributed by atoms with Crippen LogP contribution in [0.3, 0.4) is 0 Å². The number of pyridine rings is 1. The Kier molecular flexibility index (Phi) is 7.34. The van der Waals surface area contributed by atoms with Crippen LogP contribution >= 0.6 is 22.9 Å². The number of thiazole rings is 1. The summed E-state index contributed by atoms with van der Waals surface area (Å²) in [5.74, 6) is 0.907. The second-order valence-corrected chi connectivity index (χ2v) is 8.20. The molecular weight excluding hydrogens is 458 g/mol. The summed E-state index contributed by atoms with van der Waals surface area (Å²) in [5, 5.41) is 5.82. The quantitative estimate of drug-likeness (QED) is 0.310. The van der Waals surface area contributed by atoms with Gasteiger partial charge in [0, 0.05) is 22.7 Å². The lowest BCUT2D eigenvalue weighted by atomic mass is 10.2. The predicted octanol–water partition coefficient (Wildman–Crippen LogP) is 6.10. The van der Waals surface area contributed by atoms with Crippen molar-refractivity contribution in [2.45, 2.75) is 6.61 Å². The van der Waals surface area contributed by atoms with Crippen LogP contribution in [0.5, 0.6) is 11.5 Å². The molecule has 33 heavy (non-hydrogen) atoms. The minimum atomic E-state index is -0.279. The van der Waals surface area contributed by atoms with Gasteiger partial charge < -0.3 is 9.47 Å². The van der Waals surface area contributed by atoms with Crippen LogP contribution in [-0.2, 0) is 11.4 Å². The van der Waals surface area contributed by atoms with Crippen molar-refractivity contribution in [2.24, 2.45) is 0 Å². The molecule has 1 amide bonds. The molecule has 166 valence electrons. The van der Waals surface area contributed by atoms with Gasteiger partial charge in [0.1, 0.15) is 12.3 Å². The number of anilines is 1. The Hall–Kier alpha value is -3.68. The van der Waals surface area contributed by atoms with Gasteiger partial charge in [0.25, 0.3) is 0 Å². The second-order valence-electron chi connectivity index (χ2n) is 6.90. The number of carbonyl (C=O) groups excluding carboxylic acids is 1. The van der Waals surface area contributed by atoms with E-state index in [9.17, 15) is 4.79 Å². The molecule has 0 aliphatic heterocycles. The summed E-state index contributed by atoms with van der Waals surface area (Å²) in [6.45, 7) is 0.388. The zero-order valence-corrected chi connectivity index (χ0v) is 19.3. The van der Waals surface area contributed by atoms with Crippen LogP contribution in [0.1, 0.15) is 11.1 Å². The number of hydrogen-bond donors (Lipinski definition) is 1. The van der Waals surface area contributed by atoms with E-state index in [1.54, 1.807) is 19.4 Å². The van der Waals surface area contributed by atoms with Crippen molar-refractivity contribution in [1.82, 2.24) is 9.97 Å². The summed E-state index contributed by atoms with van der Waals surface area (Å²) in [7, 11) is 1.58. The Morgan fingerprint density at radius 2 is 1.94 bits per heavy atom. The van der Waals surface area contributed by atoms with Crippen molar-refractivity contribution < 1.29 is 14.3 Å². The molecule has 2 aromatic heterocycles. The smallest absolute Gasteiger partial charge is 0.250 e. The predicted molar refractivity (Wildman–Crippen MR) is 132 cm³/mol. The van der Waals surface area contributed by atoms with Crippen molar-refractivity contribution >= 4 is 40.1 Å². The molecule has 0 unspecified atom stereocenters. The van der Waals surface area contributed by atoms with Crippen molar-refractivity contribution in [3.8, 4) is 22.9 Å². The number of rotatable bonds is 8. The number of aromatic nitrogens is 2. The summed E-state index contributed by atoms with van der Waals surface area (Å²) in [6, 6.07) is 18.5. The molecule has 0 radical (unpaired) electrons. The van der Waals surface area contributed by atoms with Gasteiger partial charge in [-0.15, -0.1) is 11.3 Å². The second kappa shape index (κ2) is 10.8. The zero-order valence-electron chi connectivity index (χ0n) is 17.7. The van der Waals surface area contributed by atoms with Crippen LogP contribution in [0.15, 0.2) is 78.3 Å². The van der Waals surface area contributed by atoms with Gasteiger partial charge in [0.15, 0.2) is 16.6 Å². The number of halogens is 1. The SMILES string of the molecule is COc1cc(/C=C/C(=O)Nc2nc(-c3ccccn3)cs2)ccc1OCc1ccc(Cl)cc1. The van der Waals surface area contributed by atoms with Gasteiger partial charge in [0.2, 0.25) is 5.91 Å². The fourth-order valence-electron chi connectivity index (χ4n) is 2.93. The molecule has 2 aromatic carbocycles. The Bertz CT molecular complexity index is 1260. The molecular formula is C25H20ClN3O3S. The number of amides is 1. The normalized spacial score (nSPS) is 10.8. The van der Waals surface area contributed by atoms with Gasteiger partial charge in [-0.3, -0.25) is 15.1 Å². The fourth-order valence-corrected chi connectivity index (χ4v) is 3.76. The molecule has 8 heteroatoms. The Morgan fingerprint density at radius 1 is 1.09 bits per heavy atom. The van der Waals surface area contributed by atoms with Crippen LogP contribution in [0.4, 0.5) is 5.13 Å². The van der Waals surface area contributed by atoms with Gasteiger partial charge in [-0.05, 0) is 53.6 Å². The van der Waals surface area contributed by atoms with Crippen LogP contribution < -0.4 is 14.8 Å². The first-order valence-corrected chi connectivity index (χ1v) is 11.3. The van der Waals surface area contributed by atoms with Crippen molar-refractivity contribution in [2.75, 3.05) is 12.4 Å². The van der Waals surface area contributed by atoms with Gasteiger partial charge in [-0.2, -0.15) is 0 Å². The van der Waals surface area contributed by atoms with E-state index in [0.29, 0.717) is 28.3 Å². The molecule has 6 nitrogen and oxygen atoms in total. The first kappa shape index (κ1) is 22.5. The van der Waals surface area contributed by atoms with Crippen molar-refractivity contribution in [3.05, 3.63) is 94.5 Å². The topological polar surface area (TPSA) is 73.3 Å². The van der Waals surface area contributed by atoms with Gasteiger partial charge in [0.05, 0.1) is 12.8 Å². The van der Waals surface area contributed by atoms with Crippen LogP contribution in [0, 0.1) is 0 Å². The number of methoxy groups -OCH3 is 1. The molecule has 4 aromatic rings. The highest BCUT2D eigenvalue weighted by Crippen LogP contribution is 2.29. The highest BCUT2D eigenvalue weighted by atomic mass is 35.5. The van der Waals surface area contributed by atoms with E-state index >= 15 is 0 Å². The first-order chi connectivity index (χ1) is 16.1. The molecule has 0 aliphatic rings. The maximum Gasteiger partial charge on any atom is 0.250 e. The number of ether oxygens (including phenoxy) is 2. The minimum absolute atomic E-state index is 0.279. The van der Waals surface area contributed by atoms with Crippen LogP contribution in [-0.4, -0.2) is 23.0 Å². The summed E-state index contributed by atoms with van der Waals surface area (Å²) >= 11 is 7.26. The molecule has 0 saturated heterocycles. The Morgan fingerprint density at radius 3 is 2.70 bits per heavy atom. The third-order valence-corrected chi connectivity index (χ3v) is 5.59. The first-order valence-electron chi connectivity index (χ1n) is 10.0. The Balaban J connectivity index is 1.37. The van der Waals surface area contributed by atoms with E-state index in [0.717, 1.165) is 22.5 Å². The minimum Gasteiger partial charge on any atom is -0.493 e. The molecule has 0 atom stereocenters. The number of nitrogens with zero attached hydrogens (tertiary/aromatic N) is 2. The highest BCUT2D eigenvalue weighted by Gasteiger charge is 2.08. The van der Waals surface area contributed by atoms with Crippen molar-refractivity contribution in [1.29, 1.82) is 0 Å². The average molecular weight is 478 g/mol. The molecule has 1 N–H and O–H groups in total. The third kappa shape index (κ3) is 6.19. The van der Waals surface area contributed by atoms with E-state index < -0.39 is 0 Å². The van der Waals surface area contributed by atoms with Crippen LogP contribution in [0.25, 0.3) is 17.5 Å². The van der Waals surface area contributed by atoms with Gasteiger partial charge >= 0.3 is 0 Å². The number of hydrogen-bond acceptors (Lipinski definition) is 6. The lowest BCUT2D eigenvalue weighted by Gasteiger charge is -2.11. The Labute approximate surface area is 200 Å². The maximum absolute atomic E-state index is 12.3. The zero-order chi connectivity index (χ0) is 23.0.